The first kappa shape index (κ1) is 31.8. The van der Waals surface area contributed by atoms with E-state index in [-0.39, 0.29) is 18.9 Å². The highest BCUT2D eigenvalue weighted by molar-refractivity contribution is 7.99. The summed E-state index contributed by atoms with van der Waals surface area (Å²) in [5, 5.41) is 9.03. The van der Waals surface area contributed by atoms with Crippen molar-refractivity contribution in [3.63, 3.8) is 0 Å². The van der Waals surface area contributed by atoms with Gasteiger partial charge in [-0.05, 0) is 65.7 Å². The molecule has 8 nitrogen and oxygen atoms in total. The SMILES string of the molecule is C=CC[C@]1(C(=O)NNCc2ccccc2Sc2ccccc2)N=C(c2ccc(OCCCO)cc2)O[C@H]1c1cccc(OC)c1. The molecule has 1 aliphatic rings. The maximum atomic E-state index is 14.2. The van der Waals surface area contributed by atoms with E-state index in [4.69, 9.17) is 24.3 Å². The second kappa shape index (κ2) is 15.4. The van der Waals surface area contributed by atoms with E-state index in [9.17, 15) is 4.79 Å². The standard InChI is InChI=1S/C36H37N3O5S/c1-3-21-36(35(41)39-37-25-28-11-7-8-16-32(28)45-31-14-5-4-6-15-31)33(27-12-9-13-30(24-27)42-2)44-34(38-36)26-17-19-29(20-18-26)43-23-10-22-40/h3-9,11-20,24,33,37,40H,1,10,21-23,25H2,2H3,(H,39,41)/t33-,36-/m0/s1. The molecule has 0 radical (unpaired) electrons. The molecule has 45 heavy (non-hydrogen) atoms. The largest absolute Gasteiger partial charge is 0.497 e. The van der Waals surface area contributed by atoms with E-state index >= 15 is 0 Å². The molecule has 5 rings (SSSR count). The van der Waals surface area contributed by atoms with Gasteiger partial charge in [-0.1, -0.05) is 66.4 Å². The first-order chi connectivity index (χ1) is 22.1. The maximum absolute atomic E-state index is 14.2. The highest BCUT2D eigenvalue weighted by Gasteiger charge is 2.52. The minimum atomic E-state index is -1.34. The second-order valence-electron chi connectivity index (χ2n) is 10.4. The van der Waals surface area contributed by atoms with Gasteiger partial charge in [0.25, 0.3) is 5.91 Å². The maximum Gasteiger partial charge on any atom is 0.266 e. The molecule has 9 heteroatoms. The molecule has 0 aliphatic carbocycles. The van der Waals surface area contributed by atoms with E-state index in [0.717, 1.165) is 20.9 Å². The fraction of sp³-hybridized carbons (Fsp3) is 0.222. The van der Waals surface area contributed by atoms with E-state index in [0.29, 0.717) is 42.5 Å². The van der Waals surface area contributed by atoms with Crippen LogP contribution in [0.2, 0.25) is 0 Å². The van der Waals surface area contributed by atoms with Crippen molar-refractivity contribution in [1.29, 1.82) is 0 Å². The Labute approximate surface area is 268 Å². The van der Waals surface area contributed by atoms with Gasteiger partial charge in [0.1, 0.15) is 11.5 Å². The number of hydrogen-bond donors (Lipinski definition) is 3. The van der Waals surface area contributed by atoms with Crippen molar-refractivity contribution < 1.29 is 24.1 Å². The van der Waals surface area contributed by atoms with Crippen LogP contribution in [0.3, 0.4) is 0 Å². The molecule has 0 unspecified atom stereocenters. The van der Waals surface area contributed by atoms with Crippen LogP contribution in [-0.2, 0) is 16.1 Å². The zero-order valence-corrected chi connectivity index (χ0v) is 26.0. The Balaban J connectivity index is 1.39. The van der Waals surface area contributed by atoms with Crippen LogP contribution in [0.5, 0.6) is 11.5 Å². The van der Waals surface area contributed by atoms with Crippen molar-refractivity contribution in [1.82, 2.24) is 10.9 Å². The molecular weight excluding hydrogens is 586 g/mol. The van der Waals surface area contributed by atoms with Crippen molar-refractivity contribution >= 4 is 23.6 Å². The van der Waals surface area contributed by atoms with Crippen molar-refractivity contribution in [2.75, 3.05) is 20.3 Å². The molecule has 4 aromatic carbocycles. The number of nitrogens with one attached hydrogen (secondary N) is 2. The summed E-state index contributed by atoms with van der Waals surface area (Å²) in [5.41, 5.74) is 7.22. The number of methoxy groups -OCH3 is 1. The summed E-state index contributed by atoms with van der Waals surface area (Å²) in [5.74, 6) is 1.31. The molecule has 1 amide bonds. The van der Waals surface area contributed by atoms with Crippen LogP contribution < -0.4 is 20.3 Å². The van der Waals surface area contributed by atoms with Crippen molar-refractivity contribution in [2.45, 2.75) is 40.8 Å². The number of nitrogens with zero attached hydrogens (tertiary/aromatic N) is 1. The first-order valence-electron chi connectivity index (χ1n) is 14.8. The number of rotatable bonds is 15. The first-order valence-corrected chi connectivity index (χ1v) is 15.6. The van der Waals surface area contributed by atoms with Gasteiger partial charge in [-0.25, -0.2) is 10.4 Å². The zero-order valence-electron chi connectivity index (χ0n) is 25.1. The van der Waals surface area contributed by atoms with Crippen molar-refractivity contribution in [3.05, 3.63) is 132 Å². The summed E-state index contributed by atoms with van der Waals surface area (Å²) in [7, 11) is 1.60. The van der Waals surface area contributed by atoms with E-state index in [2.05, 4.69) is 35.6 Å². The second-order valence-corrected chi connectivity index (χ2v) is 11.5. The van der Waals surface area contributed by atoms with E-state index in [1.54, 1.807) is 24.9 Å². The summed E-state index contributed by atoms with van der Waals surface area (Å²) in [6.45, 7) is 4.84. The monoisotopic (exact) mass is 623 g/mol. The number of benzene rings is 4. The van der Waals surface area contributed by atoms with Crippen LogP contribution >= 0.6 is 11.8 Å². The number of hydrogen-bond acceptors (Lipinski definition) is 8. The lowest BCUT2D eigenvalue weighted by Crippen LogP contribution is -2.52. The molecule has 4 aromatic rings. The predicted molar refractivity (Wildman–Crippen MR) is 177 cm³/mol. The fourth-order valence-corrected chi connectivity index (χ4v) is 6.00. The molecule has 0 saturated carbocycles. The Morgan fingerprint density at radius 1 is 1.02 bits per heavy atom. The minimum absolute atomic E-state index is 0.0653. The normalized spacial score (nSPS) is 17.2. The third kappa shape index (κ3) is 7.75. The molecule has 232 valence electrons. The van der Waals surface area contributed by atoms with Gasteiger partial charge >= 0.3 is 0 Å². The lowest BCUT2D eigenvalue weighted by atomic mass is 9.84. The number of hydrazine groups is 1. The van der Waals surface area contributed by atoms with E-state index in [1.165, 1.54) is 0 Å². The third-order valence-electron chi connectivity index (χ3n) is 7.31. The molecular formula is C36H37N3O5S. The summed E-state index contributed by atoms with van der Waals surface area (Å²) >= 11 is 1.67. The smallest absolute Gasteiger partial charge is 0.266 e. The van der Waals surface area contributed by atoms with Crippen molar-refractivity contribution in [3.8, 4) is 11.5 Å². The van der Waals surface area contributed by atoms with Gasteiger partial charge in [0, 0.05) is 41.3 Å². The Kier molecular flexibility index (Phi) is 10.9. The lowest BCUT2D eigenvalue weighted by molar-refractivity contribution is -0.129. The molecule has 1 aliphatic heterocycles. The highest BCUT2D eigenvalue weighted by atomic mass is 32.2. The van der Waals surface area contributed by atoms with Gasteiger partial charge in [-0.2, -0.15) is 0 Å². The average molecular weight is 624 g/mol. The van der Waals surface area contributed by atoms with Gasteiger partial charge < -0.3 is 19.3 Å². The van der Waals surface area contributed by atoms with Crippen LogP contribution in [0.25, 0.3) is 0 Å². The van der Waals surface area contributed by atoms with Crippen molar-refractivity contribution in [2.24, 2.45) is 4.99 Å². The Bertz CT molecular complexity index is 1610. The number of amides is 1. The van der Waals surface area contributed by atoms with Crippen LogP contribution in [0.15, 0.2) is 131 Å². The molecule has 2 atom stereocenters. The minimum Gasteiger partial charge on any atom is -0.497 e. The van der Waals surface area contributed by atoms with Gasteiger partial charge in [0.05, 0.1) is 13.7 Å². The van der Waals surface area contributed by atoms with Crippen LogP contribution in [0, 0.1) is 0 Å². The summed E-state index contributed by atoms with van der Waals surface area (Å²) in [4.78, 5) is 21.3. The van der Waals surface area contributed by atoms with Crippen LogP contribution in [0.1, 0.15) is 35.6 Å². The Morgan fingerprint density at radius 2 is 1.80 bits per heavy atom. The van der Waals surface area contributed by atoms with Crippen LogP contribution in [0.4, 0.5) is 0 Å². The molecule has 0 fully saturated rings. The van der Waals surface area contributed by atoms with Gasteiger partial charge in [0.15, 0.2) is 11.6 Å². The number of carbonyl (C=O) groups is 1. The number of aliphatic hydroxyl groups is 1. The molecule has 0 spiro atoms. The fourth-order valence-electron chi connectivity index (χ4n) is 5.03. The molecule has 1 heterocycles. The van der Waals surface area contributed by atoms with Gasteiger partial charge in [-0.3, -0.25) is 10.2 Å². The number of aliphatic imine (C=N–C) groups is 1. The summed E-state index contributed by atoms with van der Waals surface area (Å²) in [6.07, 6.45) is 1.72. The predicted octanol–water partition coefficient (Wildman–Crippen LogP) is 6.26. The molecule has 0 aromatic heterocycles. The summed E-state index contributed by atoms with van der Waals surface area (Å²) < 4.78 is 17.6. The average Bonchev–Trinajstić information content (AvgIpc) is 3.47. The number of carbonyl (C=O) groups excluding carboxylic acids is 1. The number of ether oxygens (including phenoxy) is 3. The number of aliphatic hydroxyl groups excluding tert-OH is 1. The molecule has 0 bridgehead atoms. The Hall–Kier alpha value is -4.57. The summed E-state index contributed by atoms with van der Waals surface area (Å²) in [6, 6.07) is 33.1. The lowest BCUT2D eigenvalue weighted by Gasteiger charge is -2.30. The van der Waals surface area contributed by atoms with E-state index in [1.807, 2.05) is 84.9 Å². The van der Waals surface area contributed by atoms with Gasteiger partial charge in [-0.15, -0.1) is 6.58 Å². The molecule has 0 saturated heterocycles. The molecule has 3 N–H and O–H groups in total. The topological polar surface area (TPSA) is 101 Å². The highest BCUT2D eigenvalue weighted by Crippen LogP contribution is 2.43. The van der Waals surface area contributed by atoms with E-state index < -0.39 is 11.6 Å². The third-order valence-corrected chi connectivity index (χ3v) is 8.43. The quantitative estimate of drug-likeness (QED) is 0.0816. The van der Waals surface area contributed by atoms with Crippen LogP contribution in [-0.4, -0.2) is 42.8 Å². The Morgan fingerprint density at radius 3 is 2.56 bits per heavy atom. The zero-order chi connectivity index (χ0) is 31.5. The van der Waals surface area contributed by atoms with Gasteiger partial charge in [0.2, 0.25) is 5.90 Å².